The summed E-state index contributed by atoms with van der Waals surface area (Å²) in [5.41, 5.74) is 0. The van der Waals surface area contributed by atoms with E-state index in [0.717, 1.165) is 23.1 Å². The predicted molar refractivity (Wildman–Crippen MR) is 65.1 cm³/mol. The lowest BCUT2D eigenvalue weighted by atomic mass is 10.0. The van der Waals surface area contributed by atoms with Crippen LogP contribution in [0.15, 0.2) is 28.7 Å². The Morgan fingerprint density at radius 1 is 1.33 bits per heavy atom. The van der Waals surface area contributed by atoms with Gasteiger partial charge >= 0.3 is 0 Å². The van der Waals surface area contributed by atoms with Crippen molar-refractivity contribution in [2.75, 3.05) is 13.2 Å². The minimum atomic E-state index is 0.250. The molecule has 1 aromatic rings. The van der Waals surface area contributed by atoms with Crippen LogP contribution in [-0.4, -0.2) is 18.3 Å². The monoisotopic (exact) mass is 272 g/mol. The van der Waals surface area contributed by atoms with E-state index in [0.29, 0.717) is 12.5 Å². The van der Waals surface area contributed by atoms with Crippen LogP contribution in [0, 0.1) is 5.92 Å². The molecule has 0 amide bonds. The number of rotatable bonds is 6. The largest absolute Gasteiger partial charge is 0.494 e. The standard InChI is InChI=1S/C12H17BrO2/c1-2-10(9-14)7-8-15-12-5-3-11(13)4-6-12/h3-6,10,14H,2,7-9H2,1H3. The number of aliphatic hydroxyl groups excluding tert-OH is 1. The molecule has 0 radical (unpaired) electrons. The molecule has 0 spiro atoms. The number of benzene rings is 1. The van der Waals surface area contributed by atoms with Gasteiger partial charge in [-0.05, 0) is 36.6 Å². The maximum absolute atomic E-state index is 9.00. The zero-order valence-corrected chi connectivity index (χ0v) is 10.5. The topological polar surface area (TPSA) is 29.5 Å². The average molecular weight is 273 g/mol. The van der Waals surface area contributed by atoms with Crippen molar-refractivity contribution in [1.82, 2.24) is 0 Å². The van der Waals surface area contributed by atoms with Crippen LogP contribution in [0.4, 0.5) is 0 Å². The molecule has 1 atom stereocenters. The minimum absolute atomic E-state index is 0.250. The van der Waals surface area contributed by atoms with Gasteiger partial charge in [0.2, 0.25) is 0 Å². The first-order valence-corrected chi connectivity index (χ1v) is 6.04. The highest BCUT2D eigenvalue weighted by atomic mass is 79.9. The van der Waals surface area contributed by atoms with Crippen molar-refractivity contribution < 1.29 is 9.84 Å². The van der Waals surface area contributed by atoms with E-state index in [1.54, 1.807) is 0 Å². The first-order chi connectivity index (χ1) is 7.26. The number of aliphatic hydroxyl groups is 1. The molecule has 0 aliphatic carbocycles. The molecule has 0 aliphatic rings. The lowest BCUT2D eigenvalue weighted by Crippen LogP contribution is -2.09. The second-order valence-electron chi connectivity index (χ2n) is 3.55. The van der Waals surface area contributed by atoms with Crippen LogP contribution in [0.1, 0.15) is 19.8 Å². The molecule has 0 bridgehead atoms. The number of hydrogen-bond donors (Lipinski definition) is 1. The summed E-state index contributed by atoms with van der Waals surface area (Å²) < 4.78 is 6.62. The molecule has 1 unspecified atom stereocenters. The third-order valence-corrected chi connectivity index (χ3v) is 2.97. The summed E-state index contributed by atoms with van der Waals surface area (Å²) in [5.74, 6) is 1.24. The van der Waals surface area contributed by atoms with Crippen LogP contribution in [0.5, 0.6) is 5.75 Å². The Morgan fingerprint density at radius 2 is 2.00 bits per heavy atom. The first kappa shape index (κ1) is 12.5. The number of ether oxygens (including phenoxy) is 1. The molecule has 1 rings (SSSR count). The van der Waals surface area contributed by atoms with Gasteiger partial charge < -0.3 is 9.84 Å². The summed E-state index contributed by atoms with van der Waals surface area (Å²) in [5, 5.41) is 9.00. The van der Waals surface area contributed by atoms with Gasteiger partial charge in [0.1, 0.15) is 5.75 Å². The molecular weight excluding hydrogens is 256 g/mol. The van der Waals surface area contributed by atoms with E-state index in [2.05, 4.69) is 22.9 Å². The molecule has 84 valence electrons. The second kappa shape index (κ2) is 6.85. The van der Waals surface area contributed by atoms with Crippen LogP contribution in [0.3, 0.4) is 0 Å². The van der Waals surface area contributed by atoms with Gasteiger partial charge in [-0.2, -0.15) is 0 Å². The van der Waals surface area contributed by atoms with Crippen LogP contribution >= 0.6 is 15.9 Å². The highest BCUT2D eigenvalue weighted by Gasteiger charge is 2.04. The highest BCUT2D eigenvalue weighted by Crippen LogP contribution is 2.17. The minimum Gasteiger partial charge on any atom is -0.494 e. The zero-order chi connectivity index (χ0) is 11.1. The summed E-state index contributed by atoms with van der Waals surface area (Å²) in [6.07, 6.45) is 1.91. The molecule has 1 N–H and O–H groups in total. The fourth-order valence-electron chi connectivity index (χ4n) is 1.30. The van der Waals surface area contributed by atoms with Crippen LogP contribution in [0.25, 0.3) is 0 Å². The molecule has 0 saturated heterocycles. The van der Waals surface area contributed by atoms with E-state index in [1.165, 1.54) is 0 Å². The van der Waals surface area contributed by atoms with Crippen molar-refractivity contribution >= 4 is 15.9 Å². The van der Waals surface area contributed by atoms with Gasteiger partial charge in [0.25, 0.3) is 0 Å². The third kappa shape index (κ3) is 4.67. The Labute approximate surface area is 99.4 Å². The molecule has 0 heterocycles. The van der Waals surface area contributed by atoms with Crippen molar-refractivity contribution in [1.29, 1.82) is 0 Å². The van der Waals surface area contributed by atoms with Gasteiger partial charge in [0, 0.05) is 11.1 Å². The van der Waals surface area contributed by atoms with Gasteiger partial charge in [-0.15, -0.1) is 0 Å². The Kier molecular flexibility index (Phi) is 5.73. The van der Waals surface area contributed by atoms with Gasteiger partial charge in [0.05, 0.1) is 6.61 Å². The fraction of sp³-hybridized carbons (Fsp3) is 0.500. The molecule has 1 aromatic carbocycles. The van der Waals surface area contributed by atoms with Gasteiger partial charge in [0.15, 0.2) is 0 Å². The van der Waals surface area contributed by atoms with E-state index < -0.39 is 0 Å². The van der Waals surface area contributed by atoms with E-state index in [4.69, 9.17) is 9.84 Å². The van der Waals surface area contributed by atoms with Crippen molar-refractivity contribution in [2.24, 2.45) is 5.92 Å². The van der Waals surface area contributed by atoms with Crippen molar-refractivity contribution in [3.63, 3.8) is 0 Å². The molecule has 2 nitrogen and oxygen atoms in total. The molecular formula is C12H17BrO2. The zero-order valence-electron chi connectivity index (χ0n) is 8.95. The first-order valence-electron chi connectivity index (χ1n) is 5.25. The van der Waals surface area contributed by atoms with Gasteiger partial charge in [-0.25, -0.2) is 0 Å². The van der Waals surface area contributed by atoms with Crippen molar-refractivity contribution in [2.45, 2.75) is 19.8 Å². The molecule has 0 saturated carbocycles. The quantitative estimate of drug-likeness (QED) is 0.862. The molecule has 3 heteroatoms. The number of hydrogen-bond acceptors (Lipinski definition) is 2. The maximum atomic E-state index is 9.00. The van der Waals surface area contributed by atoms with E-state index in [-0.39, 0.29) is 6.61 Å². The Morgan fingerprint density at radius 3 is 2.53 bits per heavy atom. The van der Waals surface area contributed by atoms with Crippen molar-refractivity contribution in [3.8, 4) is 5.75 Å². The third-order valence-electron chi connectivity index (χ3n) is 2.44. The SMILES string of the molecule is CCC(CO)CCOc1ccc(Br)cc1. The molecule has 15 heavy (non-hydrogen) atoms. The van der Waals surface area contributed by atoms with E-state index >= 15 is 0 Å². The molecule has 0 aromatic heterocycles. The van der Waals surface area contributed by atoms with E-state index in [9.17, 15) is 0 Å². The lowest BCUT2D eigenvalue weighted by Gasteiger charge is -2.12. The Hall–Kier alpha value is -0.540. The normalized spacial score (nSPS) is 12.5. The highest BCUT2D eigenvalue weighted by molar-refractivity contribution is 9.10. The van der Waals surface area contributed by atoms with E-state index in [1.807, 2.05) is 24.3 Å². The fourth-order valence-corrected chi connectivity index (χ4v) is 1.56. The van der Waals surface area contributed by atoms with Crippen LogP contribution in [-0.2, 0) is 0 Å². The van der Waals surface area contributed by atoms with Crippen LogP contribution < -0.4 is 4.74 Å². The van der Waals surface area contributed by atoms with Crippen LogP contribution in [0.2, 0.25) is 0 Å². The van der Waals surface area contributed by atoms with Gasteiger partial charge in [-0.1, -0.05) is 29.3 Å². The maximum Gasteiger partial charge on any atom is 0.119 e. The summed E-state index contributed by atoms with van der Waals surface area (Å²) in [6, 6.07) is 7.78. The summed E-state index contributed by atoms with van der Waals surface area (Å²) in [7, 11) is 0. The lowest BCUT2D eigenvalue weighted by molar-refractivity contribution is 0.188. The van der Waals surface area contributed by atoms with Gasteiger partial charge in [-0.3, -0.25) is 0 Å². The Bertz CT molecular complexity index is 267. The summed E-state index contributed by atoms with van der Waals surface area (Å²) in [6.45, 7) is 3.00. The second-order valence-corrected chi connectivity index (χ2v) is 4.46. The summed E-state index contributed by atoms with van der Waals surface area (Å²) in [4.78, 5) is 0. The Balaban J connectivity index is 2.28. The molecule has 0 fully saturated rings. The molecule has 0 aliphatic heterocycles. The van der Waals surface area contributed by atoms with Crippen molar-refractivity contribution in [3.05, 3.63) is 28.7 Å². The number of halogens is 1. The summed E-state index contributed by atoms with van der Waals surface area (Å²) >= 11 is 3.37. The smallest absolute Gasteiger partial charge is 0.119 e. The predicted octanol–water partition coefficient (Wildman–Crippen LogP) is 3.24. The average Bonchev–Trinajstić information content (AvgIpc) is 2.27.